The highest BCUT2D eigenvalue weighted by atomic mass is 16.2. The van der Waals surface area contributed by atoms with E-state index in [-0.39, 0.29) is 0 Å². The molecule has 0 saturated carbocycles. The molecule has 0 aromatic carbocycles. The average Bonchev–Trinajstić information content (AvgIpc) is 3.04. The SMILES string of the molecule is CCCCN1C(=O)NC(=O)[C@H](C(C)=NCCCn2ccnc2)C1=O. The third-order valence-corrected chi connectivity index (χ3v) is 3.90. The normalized spacial score (nSPS) is 18.9. The van der Waals surface area contributed by atoms with Gasteiger partial charge in [0, 0.05) is 37.7 Å². The molecule has 1 saturated heterocycles. The van der Waals surface area contributed by atoms with Gasteiger partial charge in [-0.15, -0.1) is 0 Å². The molecule has 1 fully saturated rings. The summed E-state index contributed by atoms with van der Waals surface area (Å²) in [6, 6.07) is -0.636. The number of barbiturate groups is 1. The Morgan fingerprint density at radius 3 is 2.75 bits per heavy atom. The molecule has 0 radical (unpaired) electrons. The second kappa shape index (κ2) is 8.37. The van der Waals surface area contributed by atoms with Crippen molar-refractivity contribution in [2.24, 2.45) is 10.9 Å². The molecule has 1 aromatic rings. The summed E-state index contributed by atoms with van der Waals surface area (Å²) in [5.41, 5.74) is 0.442. The lowest BCUT2D eigenvalue weighted by Gasteiger charge is -2.30. The minimum absolute atomic E-state index is 0.318. The molecule has 0 bridgehead atoms. The zero-order chi connectivity index (χ0) is 17.5. The van der Waals surface area contributed by atoms with E-state index < -0.39 is 23.8 Å². The van der Waals surface area contributed by atoms with Crippen LogP contribution in [0, 0.1) is 5.92 Å². The van der Waals surface area contributed by atoms with Crippen LogP contribution in [0.15, 0.2) is 23.7 Å². The van der Waals surface area contributed by atoms with Crippen molar-refractivity contribution in [2.45, 2.75) is 39.7 Å². The summed E-state index contributed by atoms with van der Waals surface area (Å²) >= 11 is 0. The number of hydrogen-bond donors (Lipinski definition) is 1. The summed E-state index contributed by atoms with van der Waals surface area (Å²) in [6.45, 7) is 5.22. The minimum Gasteiger partial charge on any atom is -0.337 e. The lowest BCUT2D eigenvalue weighted by atomic mass is 9.99. The Morgan fingerprint density at radius 1 is 1.29 bits per heavy atom. The Labute approximate surface area is 140 Å². The third-order valence-electron chi connectivity index (χ3n) is 3.90. The molecule has 0 spiro atoms. The molecule has 1 aromatic heterocycles. The number of nitrogens with one attached hydrogen (secondary N) is 1. The highest BCUT2D eigenvalue weighted by Gasteiger charge is 2.41. The van der Waals surface area contributed by atoms with Gasteiger partial charge in [0.2, 0.25) is 11.8 Å². The average molecular weight is 333 g/mol. The molecule has 2 heterocycles. The van der Waals surface area contributed by atoms with Crippen molar-refractivity contribution < 1.29 is 14.4 Å². The molecule has 0 aliphatic carbocycles. The fraction of sp³-hybridized carbons (Fsp3) is 0.562. The van der Waals surface area contributed by atoms with E-state index in [0.29, 0.717) is 25.2 Å². The van der Waals surface area contributed by atoms with E-state index in [9.17, 15) is 14.4 Å². The van der Waals surface area contributed by atoms with Crippen LogP contribution >= 0.6 is 0 Å². The monoisotopic (exact) mass is 333 g/mol. The van der Waals surface area contributed by atoms with Crippen LogP contribution in [0.1, 0.15) is 33.1 Å². The summed E-state index contributed by atoms with van der Waals surface area (Å²) in [6.07, 6.45) is 7.64. The van der Waals surface area contributed by atoms with Gasteiger partial charge in [0.25, 0.3) is 0 Å². The number of amides is 4. The largest absolute Gasteiger partial charge is 0.337 e. The fourth-order valence-electron chi connectivity index (χ4n) is 2.53. The molecule has 1 aliphatic heterocycles. The number of hydrogen-bond acceptors (Lipinski definition) is 5. The number of aliphatic imine (C=N–C) groups is 1. The zero-order valence-corrected chi connectivity index (χ0v) is 14.1. The number of aryl methyl sites for hydroxylation is 1. The first-order chi connectivity index (χ1) is 11.5. The highest BCUT2D eigenvalue weighted by Crippen LogP contribution is 2.14. The summed E-state index contributed by atoms with van der Waals surface area (Å²) in [4.78, 5) is 45.7. The molecule has 0 unspecified atom stereocenters. The number of rotatable bonds is 8. The van der Waals surface area contributed by atoms with E-state index in [1.807, 2.05) is 17.7 Å². The van der Waals surface area contributed by atoms with Gasteiger partial charge in [0.15, 0.2) is 5.92 Å². The van der Waals surface area contributed by atoms with Gasteiger partial charge in [0.05, 0.1) is 6.33 Å². The van der Waals surface area contributed by atoms with E-state index in [0.717, 1.165) is 24.3 Å². The lowest BCUT2D eigenvalue weighted by molar-refractivity contribution is -0.139. The van der Waals surface area contributed by atoms with Crippen LogP contribution in [0.2, 0.25) is 0 Å². The zero-order valence-electron chi connectivity index (χ0n) is 14.1. The summed E-state index contributed by atoms with van der Waals surface area (Å²) in [7, 11) is 0. The molecule has 8 heteroatoms. The van der Waals surface area contributed by atoms with Gasteiger partial charge < -0.3 is 4.57 Å². The van der Waals surface area contributed by atoms with Crippen molar-refractivity contribution in [1.29, 1.82) is 0 Å². The number of unbranched alkanes of at least 4 members (excludes halogenated alkanes) is 1. The van der Waals surface area contributed by atoms with Gasteiger partial charge in [-0.05, 0) is 19.8 Å². The van der Waals surface area contributed by atoms with Gasteiger partial charge in [-0.25, -0.2) is 9.78 Å². The van der Waals surface area contributed by atoms with Crippen molar-refractivity contribution >= 4 is 23.6 Å². The number of imidazole rings is 1. The maximum atomic E-state index is 12.5. The number of carbonyl (C=O) groups excluding carboxylic acids is 3. The van der Waals surface area contributed by atoms with Crippen LogP contribution in [-0.2, 0) is 16.1 Å². The second-order valence-electron chi connectivity index (χ2n) is 5.75. The predicted octanol–water partition coefficient (Wildman–Crippen LogP) is 1.23. The van der Waals surface area contributed by atoms with Crippen LogP contribution in [-0.4, -0.2) is 51.1 Å². The molecule has 1 N–H and O–H groups in total. The Bertz CT molecular complexity index is 624. The first-order valence-corrected chi connectivity index (χ1v) is 8.17. The maximum absolute atomic E-state index is 12.5. The number of aromatic nitrogens is 2. The smallest absolute Gasteiger partial charge is 0.330 e. The van der Waals surface area contributed by atoms with Crippen molar-refractivity contribution in [2.75, 3.05) is 13.1 Å². The molecule has 1 aliphatic rings. The molecule has 1 atom stereocenters. The lowest BCUT2D eigenvalue weighted by Crippen LogP contribution is -2.59. The van der Waals surface area contributed by atoms with Crippen LogP contribution in [0.4, 0.5) is 4.79 Å². The maximum Gasteiger partial charge on any atom is 0.330 e. The number of urea groups is 1. The van der Waals surface area contributed by atoms with Crippen LogP contribution in [0.25, 0.3) is 0 Å². The topological polar surface area (TPSA) is 96.7 Å². The van der Waals surface area contributed by atoms with Gasteiger partial charge in [-0.3, -0.25) is 24.8 Å². The van der Waals surface area contributed by atoms with Crippen molar-refractivity contribution in [1.82, 2.24) is 19.8 Å². The van der Waals surface area contributed by atoms with E-state index in [4.69, 9.17) is 0 Å². The van der Waals surface area contributed by atoms with Crippen LogP contribution in [0.5, 0.6) is 0 Å². The standard InChI is InChI=1S/C16H23N5O3/c1-3-4-9-21-15(23)13(14(22)19-16(21)24)12(2)18-6-5-8-20-10-7-17-11-20/h7,10-11,13H,3-6,8-9H2,1-2H3,(H,19,22,24)/t13-/m0/s1. The Hall–Kier alpha value is -2.51. The van der Waals surface area contributed by atoms with Crippen molar-refractivity contribution in [3.63, 3.8) is 0 Å². The second-order valence-corrected chi connectivity index (χ2v) is 5.75. The molecule has 2 rings (SSSR count). The van der Waals surface area contributed by atoms with Gasteiger partial charge >= 0.3 is 6.03 Å². The van der Waals surface area contributed by atoms with Crippen molar-refractivity contribution in [3.8, 4) is 0 Å². The van der Waals surface area contributed by atoms with Crippen LogP contribution < -0.4 is 5.32 Å². The fourth-order valence-corrected chi connectivity index (χ4v) is 2.53. The minimum atomic E-state index is -1.01. The highest BCUT2D eigenvalue weighted by molar-refractivity contribution is 6.27. The van der Waals surface area contributed by atoms with E-state index in [1.54, 1.807) is 19.4 Å². The number of imide groups is 2. The van der Waals surface area contributed by atoms with Gasteiger partial charge in [0.1, 0.15) is 0 Å². The predicted molar refractivity (Wildman–Crippen MR) is 88.5 cm³/mol. The quantitative estimate of drug-likeness (QED) is 0.439. The Morgan fingerprint density at radius 2 is 2.08 bits per heavy atom. The molecular formula is C16H23N5O3. The number of carbonyl (C=O) groups is 3. The molecule has 8 nitrogen and oxygen atoms in total. The first kappa shape index (κ1) is 17.8. The molecular weight excluding hydrogens is 310 g/mol. The third kappa shape index (κ3) is 4.27. The number of nitrogens with zero attached hydrogens (tertiary/aromatic N) is 4. The molecule has 4 amide bonds. The van der Waals surface area contributed by atoms with Gasteiger partial charge in [-0.2, -0.15) is 0 Å². The summed E-state index contributed by atoms with van der Waals surface area (Å²) in [5, 5.41) is 2.25. The summed E-state index contributed by atoms with van der Waals surface area (Å²) < 4.78 is 1.94. The Balaban J connectivity index is 1.96. The van der Waals surface area contributed by atoms with Crippen LogP contribution in [0.3, 0.4) is 0 Å². The van der Waals surface area contributed by atoms with E-state index in [2.05, 4.69) is 15.3 Å². The van der Waals surface area contributed by atoms with E-state index >= 15 is 0 Å². The molecule has 130 valence electrons. The van der Waals surface area contributed by atoms with Crippen molar-refractivity contribution in [3.05, 3.63) is 18.7 Å². The van der Waals surface area contributed by atoms with Gasteiger partial charge in [-0.1, -0.05) is 13.3 Å². The molecule has 24 heavy (non-hydrogen) atoms. The summed E-state index contributed by atoms with van der Waals surface area (Å²) in [5.74, 6) is -2.07. The van der Waals surface area contributed by atoms with E-state index in [1.165, 1.54) is 0 Å². The first-order valence-electron chi connectivity index (χ1n) is 8.17. The Kier molecular flexibility index (Phi) is 6.22.